The van der Waals surface area contributed by atoms with Crippen LogP contribution >= 0.6 is 27.7 Å². The van der Waals surface area contributed by atoms with E-state index >= 15 is 0 Å². The molecule has 1 N–H and O–H groups in total. The summed E-state index contributed by atoms with van der Waals surface area (Å²) in [5, 5.41) is 11.9. The Morgan fingerprint density at radius 2 is 2.11 bits per heavy atom. The lowest BCUT2D eigenvalue weighted by molar-refractivity contribution is -0.115. The molecule has 0 radical (unpaired) electrons. The SMILES string of the molecule is COc1ccccc1N=C1NC(=O)/C(=C/c2cc(Br)ccc2OCC#N)S1. The molecule has 1 saturated heterocycles. The molecule has 6 nitrogen and oxygen atoms in total. The van der Waals surface area contributed by atoms with Crippen molar-refractivity contribution in [3.05, 3.63) is 57.4 Å². The van der Waals surface area contributed by atoms with Gasteiger partial charge < -0.3 is 14.8 Å². The van der Waals surface area contributed by atoms with Gasteiger partial charge in [0.25, 0.3) is 5.91 Å². The second-order valence-corrected chi connectivity index (χ2v) is 7.23. The number of ether oxygens (including phenoxy) is 2. The lowest BCUT2D eigenvalue weighted by Gasteiger charge is -2.07. The lowest BCUT2D eigenvalue weighted by Crippen LogP contribution is -2.19. The fourth-order valence-corrected chi connectivity index (χ4v) is 3.53. The Morgan fingerprint density at radius 1 is 1.30 bits per heavy atom. The van der Waals surface area contributed by atoms with E-state index in [0.29, 0.717) is 32.8 Å². The minimum absolute atomic E-state index is 0.0718. The Hall–Kier alpha value is -2.76. The Kier molecular flexibility index (Phi) is 6.16. The zero-order valence-corrected chi connectivity index (χ0v) is 16.6. The smallest absolute Gasteiger partial charge is 0.264 e. The Balaban J connectivity index is 1.89. The van der Waals surface area contributed by atoms with Gasteiger partial charge in [0.05, 0.1) is 12.0 Å². The molecular weight excluding hydrogens is 430 g/mol. The lowest BCUT2D eigenvalue weighted by atomic mass is 10.2. The van der Waals surface area contributed by atoms with Crippen LogP contribution in [0, 0.1) is 11.3 Å². The number of nitrogens with one attached hydrogen (secondary N) is 1. The quantitative estimate of drug-likeness (QED) is 0.698. The number of benzene rings is 2. The van der Waals surface area contributed by atoms with Gasteiger partial charge in [0.15, 0.2) is 11.8 Å². The number of carbonyl (C=O) groups excluding carboxylic acids is 1. The molecule has 1 aliphatic rings. The highest BCUT2D eigenvalue weighted by Gasteiger charge is 2.24. The van der Waals surface area contributed by atoms with Crippen molar-refractivity contribution in [3.63, 3.8) is 0 Å². The molecule has 0 spiro atoms. The number of thioether (sulfide) groups is 1. The van der Waals surface area contributed by atoms with E-state index in [2.05, 4.69) is 26.2 Å². The number of hydrogen-bond donors (Lipinski definition) is 1. The molecule has 1 aliphatic heterocycles. The molecule has 3 rings (SSSR count). The maximum absolute atomic E-state index is 12.3. The molecule has 2 aromatic carbocycles. The molecule has 0 unspecified atom stereocenters. The number of para-hydroxylation sites is 2. The number of hydrogen-bond acceptors (Lipinski definition) is 6. The molecule has 27 heavy (non-hydrogen) atoms. The van der Waals surface area contributed by atoms with Crippen LogP contribution in [0.2, 0.25) is 0 Å². The van der Waals surface area contributed by atoms with Gasteiger partial charge in [-0.3, -0.25) is 4.79 Å². The fourth-order valence-electron chi connectivity index (χ4n) is 2.33. The minimum Gasteiger partial charge on any atom is -0.494 e. The molecule has 1 amide bonds. The van der Waals surface area contributed by atoms with E-state index in [0.717, 1.165) is 4.47 Å². The summed E-state index contributed by atoms with van der Waals surface area (Å²) in [4.78, 5) is 17.3. The Labute approximate surface area is 169 Å². The van der Waals surface area contributed by atoms with Gasteiger partial charge in [0.2, 0.25) is 0 Å². The molecule has 0 bridgehead atoms. The van der Waals surface area contributed by atoms with E-state index in [9.17, 15) is 4.79 Å². The largest absolute Gasteiger partial charge is 0.494 e. The molecule has 136 valence electrons. The van der Waals surface area contributed by atoms with Gasteiger partial charge in [0.1, 0.15) is 23.3 Å². The molecule has 0 aromatic heterocycles. The molecule has 0 saturated carbocycles. The van der Waals surface area contributed by atoms with E-state index in [1.165, 1.54) is 11.8 Å². The maximum atomic E-state index is 12.3. The third-order valence-electron chi connectivity index (χ3n) is 3.51. The van der Waals surface area contributed by atoms with Crippen molar-refractivity contribution in [2.24, 2.45) is 4.99 Å². The number of nitriles is 1. The van der Waals surface area contributed by atoms with Gasteiger partial charge in [-0.2, -0.15) is 5.26 Å². The second-order valence-electron chi connectivity index (χ2n) is 5.28. The van der Waals surface area contributed by atoms with E-state index in [1.54, 1.807) is 25.3 Å². The molecule has 0 aliphatic carbocycles. The predicted octanol–water partition coefficient (Wildman–Crippen LogP) is 4.25. The van der Waals surface area contributed by atoms with Crippen LogP contribution in [0.15, 0.2) is 56.8 Å². The van der Waals surface area contributed by atoms with Gasteiger partial charge in [-0.1, -0.05) is 28.1 Å². The van der Waals surface area contributed by atoms with Crippen molar-refractivity contribution in [1.29, 1.82) is 5.26 Å². The molecule has 2 aromatic rings. The summed E-state index contributed by atoms with van der Waals surface area (Å²) in [6, 6.07) is 14.6. The van der Waals surface area contributed by atoms with Crippen LogP contribution in [0.25, 0.3) is 6.08 Å². The van der Waals surface area contributed by atoms with Crippen molar-refractivity contribution in [1.82, 2.24) is 5.32 Å². The fraction of sp³-hybridized carbons (Fsp3) is 0.105. The van der Waals surface area contributed by atoms with Crippen LogP contribution in [0.3, 0.4) is 0 Å². The highest BCUT2D eigenvalue weighted by atomic mass is 79.9. The molecule has 1 heterocycles. The van der Waals surface area contributed by atoms with Crippen LogP contribution < -0.4 is 14.8 Å². The van der Waals surface area contributed by atoms with Crippen LogP contribution in [-0.4, -0.2) is 24.8 Å². The summed E-state index contributed by atoms with van der Waals surface area (Å²) in [7, 11) is 1.57. The van der Waals surface area contributed by atoms with E-state index in [1.807, 2.05) is 36.4 Å². The van der Waals surface area contributed by atoms with Gasteiger partial charge in [-0.25, -0.2) is 4.99 Å². The number of amides is 1. The highest BCUT2D eigenvalue weighted by molar-refractivity contribution is 9.10. The predicted molar refractivity (Wildman–Crippen MR) is 109 cm³/mol. The highest BCUT2D eigenvalue weighted by Crippen LogP contribution is 2.33. The van der Waals surface area contributed by atoms with Crippen molar-refractivity contribution in [3.8, 4) is 17.6 Å². The first-order valence-electron chi connectivity index (χ1n) is 7.82. The summed E-state index contributed by atoms with van der Waals surface area (Å²) < 4.78 is 11.5. The van der Waals surface area contributed by atoms with E-state index in [4.69, 9.17) is 14.7 Å². The van der Waals surface area contributed by atoms with Crippen LogP contribution in [-0.2, 0) is 4.79 Å². The Bertz CT molecular complexity index is 982. The summed E-state index contributed by atoms with van der Waals surface area (Å²) in [5.74, 6) is 0.895. The number of carbonyl (C=O) groups is 1. The minimum atomic E-state index is -0.250. The molecule has 0 atom stereocenters. The van der Waals surface area contributed by atoms with Crippen molar-refractivity contribution < 1.29 is 14.3 Å². The number of halogens is 1. The summed E-state index contributed by atoms with van der Waals surface area (Å²) >= 11 is 4.63. The van der Waals surface area contributed by atoms with Crippen molar-refractivity contribution >= 4 is 50.5 Å². The number of amidine groups is 1. The van der Waals surface area contributed by atoms with Crippen LogP contribution in [0.5, 0.6) is 11.5 Å². The second kappa shape index (κ2) is 8.75. The molecular formula is C19H14BrN3O3S. The van der Waals surface area contributed by atoms with Gasteiger partial charge in [-0.05, 0) is 48.2 Å². The first kappa shape index (κ1) is 19.0. The maximum Gasteiger partial charge on any atom is 0.264 e. The van der Waals surface area contributed by atoms with Crippen molar-refractivity contribution in [2.75, 3.05) is 13.7 Å². The normalized spacial score (nSPS) is 16.3. The van der Waals surface area contributed by atoms with Gasteiger partial charge >= 0.3 is 0 Å². The van der Waals surface area contributed by atoms with E-state index in [-0.39, 0.29) is 12.5 Å². The molecule has 1 fully saturated rings. The van der Waals surface area contributed by atoms with Crippen LogP contribution in [0.4, 0.5) is 5.69 Å². The van der Waals surface area contributed by atoms with Gasteiger partial charge in [-0.15, -0.1) is 0 Å². The number of aliphatic imine (C=N–C) groups is 1. The van der Waals surface area contributed by atoms with Crippen LogP contribution in [0.1, 0.15) is 5.56 Å². The van der Waals surface area contributed by atoms with Gasteiger partial charge in [0, 0.05) is 10.0 Å². The first-order chi connectivity index (χ1) is 13.1. The zero-order valence-electron chi connectivity index (χ0n) is 14.2. The third-order valence-corrected chi connectivity index (χ3v) is 4.91. The first-order valence-corrected chi connectivity index (χ1v) is 9.43. The van der Waals surface area contributed by atoms with E-state index < -0.39 is 0 Å². The number of rotatable bonds is 5. The number of methoxy groups -OCH3 is 1. The summed E-state index contributed by atoms with van der Waals surface area (Å²) in [6.07, 6.45) is 1.71. The topological polar surface area (TPSA) is 83.7 Å². The standard InChI is InChI=1S/C19H14BrN3O3S/c1-25-16-5-3-2-4-14(16)22-19-23-18(24)17(27-19)11-12-10-13(20)6-7-15(12)26-9-8-21/h2-7,10-11H,9H2,1H3,(H,22,23,24)/b17-11-. The number of nitrogens with zero attached hydrogens (tertiary/aromatic N) is 2. The zero-order chi connectivity index (χ0) is 19.2. The molecule has 8 heteroatoms. The third kappa shape index (κ3) is 4.70. The summed E-state index contributed by atoms with van der Waals surface area (Å²) in [5.41, 5.74) is 1.32. The summed E-state index contributed by atoms with van der Waals surface area (Å²) in [6.45, 7) is -0.0718. The monoisotopic (exact) mass is 443 g/mol. The Morgan fingerprint density at radius 3 is 2.89 bits per heavy atom. The van der Waals surface area contributed by atoms with Crippen molar-refractivity contribution in [2.45, 2.75) is 0 Å². The average Bonchev–Trinajstić information content (AvgIpc) is 3.00. The average molecular weight is 444 g/mol.